The fourth-order valence-electron chi connectivity index (χ4n) is 1.35. The molecule has 0 aliphatic rings. The summed E-state index contributed by atoms with van der Waals surface area (Å²) in [5.41, 5.74) is 0. The van der Waals surface area contributed by atoms with E-state index in [0.717, 1.165) is 0 Å². The van der Waals surface area contributed by atoms with E-state index in [0.29, 0.717) is 0 Å². The predicted octanol–water partition coefficient (Wildman–Crippen LogP) is 15.9. The van der Waals surface area contributed by atoms with Gasteiger partial charge in [0.15, 0.2) is 6.39 Å². The average Bonchev–Trinajstić information content (AvgIpc) is 4.06. The van der Waals surface area contributed by atoms with Crippen LogP contribution in [-0.4, -0.2) is 19.9 Å². The Balaban J connectivity index is -0.0000000417. The molecule has 0 fully saturated rings. The molecule has 6 heteroatoms. The molecule has 0 saturated heterocycles. The average molecular weight is 691 g/mol. The second kappa shape index (κ2) is 131. The maximum atomic E-state index is 4.47. The quantitative estimate of drug-likeness (QED) is 0.162. The molecule has 1 aromatic carbocycles. The summed E-state index contributed by atoms with van der Waals surface area (Å²) >= 11 is 1.71. The molecule has 5 nitrogen and oxygen atoms in total. The van der Waals surface area contributed by atoms with Crippen molar-refractivity contribution in [1.82, 2.24) is 19.9 Å². The molecule has 0 radical (unpaired) electrons. The summed E-state index contributed by atoms with van der Waals surface area (Å²) in [4.78, 5) is 14.7. The first-order valence-corrected chi connectivity index (χ1v) is 19.3. The second-order valence-electron chi connectivity index (χ2n) is 4.55. The van der Waals surface area contributed by atoms with Crippen molar-refractivity contribution in [3.05, 3.63) is 134 Å². The zero-order valence-electron chi connectivity index (χ0n) is 35.3. The van der Waals surface area contributed by atoms with Crippen molar-refractivity contribution in [2.24, 2.45) is 0 Å². The Morgan fingerprint density at radius 2 is 0.625 bits per heavy atom. The highest BCUT2D eigenvalue weighted by molar-refractivity contribution is 7.07. The SMILES string of the molecule is CC.CC.CC.CC.CC.CC.CC.CC.CC.CC.c1ccccc1.c1ccncc1.c1ccsc1.c1cncnc1.c1cocn1. The van der Waals surface area contributed by atoms with Crippen LogP contribution in [-0.2, 0) is 0 Å². The fraction of sp³-hybridized carbons (Fsp3) is 0.476. The van der Waals surface area contributed by atoms with Crippen molar-refractivity contribution in [2.45, 2.75) is 138 Å². The Hall–Kier alpha value is -3.64. The van der Waals surface area contributed by atoms with Crippen LogP contribution in [0.15, 0.2) is 138 Å². The van der Waals surface area contributed by atoms with E-state index in [1.165, 1.54) is 19.0 Å². The minimum absolute atomic E-state index is 1.38. The highest BCUT2D eigenvalue weighted by atomic mass is 32.1. The van der Waals surface area contributed by atoms with E-state index in [-0.39, 0.29) is 0 Å². The zero-order valence-corrected chi connectivity index (χ0v) is 36.1. The van der Waals surface area contributed by atoms with Gasteiger partial charge in [-0.1, -0.05) is 193 Å². The number of thiophene rings is 1. The lowest BCUT2D eigenvalue weighted by Crippen LogP contribution is -1.66. The lowest BCUT2D eigenvalue weighted by Gasteiger charge is -1.70. The topological polar surface area (TPSA) is 64.7 Å². The van der Waals surface area contributed by atoms with Crippen LogP contribution in [0.3, 0.4) is 0 Å². The molecule has 0 aliphatic heterocycles. The van der Waals surface area contributed by atoms with E-state index in [4.69, 9.17) is 0 Å². The van der Waals surface area contributed by atoms with Crippen molar-refractivity contribution < 1.29 is 4.42 Å². The number of hydrogen-bond donors (Lipinski definition) is 0. The van der Waals surface area contributed by atoms with E-state index in [9.17, 15) is 0 Å². The summed E-state index contributed by atoms with van der Waals surface area (Å²) in [6, 6.07) is 23.5. The molecule has 0 unspecified atom stereocenters. The molecular formula is C42H82N4OS. The van der Waals surface area contributed by atoms with Crippen molar-refractivity contribution in [1.29, 1.82) is 0 Å². The van der Waals surface area contributed by atoms with E-state index >= 15 is 0 Å². The maximum absolute atomic E-state index is 4.47. The largest absolute Gasteiger partial charge is 0.452 e. The van der Waals surface area contributed by atoms with Crippen LogP contribution >= 0.6 is 11.3 Å². The van der Waals surface area contributed by atoms with Crippen molar-refractivity contribution in [3.8, 4) is 0 Å². The Morgan fingerprint density at radius 3 is 0.729 bits per heavy atom. The summed E-state index contributed by atoms with van der Waals surface area (Å²) in [5.74, 6) is 0. The van der Waals surface area contributed by atoms with Gasteiger partial charge >= 0.3 is 0 Å². The highest BCUT2D eigenvalue weighted by Crippen LogP contribution is 1.91. The first kappa shape index (κ1) is 70.6. The summed E-state index contributed by atoms with van der Waals surface area (Å²) < 4.78 is 4.47. The minimum atomic E-state index is 1.38. The Morgan fingerprint density at radius 1 is 0.312 bits per heavy atom. The summed E-state index contributed by atoms with van der Waals surface area (Å²) in [7, 11) is 0. The van der Waals surface area contributed by atoms with Crippen molar-refractivity contribution >= 4 is 11.3 Å². The first-order chi connectivity index (χ1) is 24.0. The van der Waals surface area contributed by atoms with Crippen LogP contribution < -0.4 is 0 Å². The van der Waals surface area contributed by atoms with Gasteiger partial charge in [0.25, 0.3) is 0 Å². The molecule has 0 saturated carbocycles. The Labute approximate surface area is 306 Å². The van der Waals surface area contributed by atoms with Crippen LogP contribution in [0.5, 0.6) is 0 Å². The molecular weight excluding hydrogens is 609 g/mol. The van der Waals surface area contributed by atoms with Gasteiger partial charge in [-0.05, 0) is 29.0 Å². The molecule has 0 N–H and O–H groups in total. The second-order valence-corrected chi connectivity index (χ2v) is 5.37. The number of pyridine rings is 1. The molecule has 0 atom stereocenters. The van der Waals surface area contributed by atoms with Crippen molar-refractivity contribution in [3.63, 3.8) is 0 Å². The van der Waals surface area contributed by atoms with Crippen LogP contribution in [0.2, 0.25) is 0 Å². The molecule has 4 aromatic heterocycles. The van der Waals surface area contributed by atoms with Crippen LogP contribution in [0.1, 0.15) is 138 Å². The van der Waals surface area contributed by atoms with Gasteiger partial charge in [0.1, 0.15) is 12.6 Å². The van der Waals surface area contributed by atoms with E-state index < -0.39 is 0 Å². The number of rotatable bonds is 0. The van der Waals surface area contributed by atoms with Crippen LogP contribution in [0.25, 0.3) is 0 Å². The summed E-state index contributed by atoms with van der Waals surface area (Å²) in [6.45, 7) is 40.0. The Bertz CT molecular complexity index is 602. The Kier molecular flexibility index (Phi) is 193. The van der Waals surface area contributed by atoms with E-state index in [1.54, 1.807) is 48.4 Å². The summed E-state index contributed by atoms with van der Waals surface area (Å²) in [6.07, 6.45) is 12.8. The smallest absolute Gasteiger partial charge is 0.180 e. The number of aromatic nitrogens is 4. The minimum Gasteiger partial charge on any atom is -0.452 e. The standard InChI is InChI=1S/C6H6.C5H5N.C4H4N2.C4H4S.C3H3NO.10C2H6/c2*1-2-4-6-5-3-1;1-2-5-4-6-3-1;1-2-4-5-3-1;1-2-5-3-4-1;10*1-2/h1-6H;1-5H;1-4H;1-4H;1-3H;10*1-2H3. The lowest BCUT2D eigenvalue weighted by atomic mass is 10.4. The molecule has 0 spiro atoms. The first-order valence-electron chi connectivity index (χ1n) is 18.3. The lowest BCUT2D eigenvalue weighted by molar-refractivity contribution is 0.558. The molecule has 0 amide bonds. The van der Waals surface area contributed by atoms with Gasteiger partial charge in [0.2, 0.25) is 0 Å². The van der Waals surface area contributed by atoms with E-state index in [1.807, 2.05) is 216 Å². The van der Waals surface area contributed by atoms with E-state index in [2.05, 4.69) is 24.4 Å². The molecule has 4 heterocycles. The van der Waals surface area contributed by atoms with Gasteiger partial charge in [-0.2, -0.15) is 11.3 Å². The number of benzene rings is 1. The number of nitrogens with zero attached hydrogens (tertiary/aromatic N) is 4. The van der Waals surface area contributed by atoms with Gasteiger partial charge in [-0.15, -0.1) is 0 Å². The third-order valence-electron chi connectivity index (χ3n) is 2.48. The third kappa shape index (κ3) is 122. The normalized spacial score (nSPS) is 5.92. The molecule has 48 heavy (non-hydrogen) atoms. The van der Waals surface area contributed by atoms with Gasteiger partial charge in [0.05, 0.1) is 6.20 Å². The molecule has 5 rings (SSSR count). The van der Waals surface area contributed by atoms with Gasteiger partial charge in [0, 0.05) is 24.8 Å². The van der Waals surface area contributed by atoms with Crippen LogP contribution in [0.4, 0.5) is 0 Å². The van der Waals surface area contributed by atoms with Gasteiger partial charge in [-0.25, -0.2) is 15.0 Å². The third-order valence-corrected chi connectivity index (χ3v) is 3.11. The number of hydrogen-bond acceptors (Lipinski definition) is 6. The molecule has 0 bridgehead atoms. The fourth-order valence-corrected chi connectivity index (χ4v) is 1.81. The van der Waals surface area contributed by atoms with Gasteiger partial charge < -0.3 is 4.42 Å². The molecule has 0 aliphatic carbocycles. The molecule has 5 aromatic rings. The predicted molar refractivity (Wildman–Crippen MR) is 227 cm³/mol. The van der Waals surface area contributed by atoms with Crippen molar-refractivity contribution in [2.75, 3.05) is 0 Å². The van der Waals surface area contributed by atoms with Crippen LogP contribution in [0, 0.1) is 0 Å². The highest BCUT2D eigenvalue weighted by Gasteiger charge is 1.61. The monoisotopic (exact) mass is 691 g/mol. The summed E-state index contributed by atoms with van der Waals surface area (Å²) in [5, 5.41) is 4.08. The maximum Gasteiger partial charge on any atom is 0.180 e. The zero-order chi connectivity index (χ0) is 39.8. The number of oxazole rings is 1. The molecule has 282 valence electrons. The van der Waals surface area contributed by atoms with Gasteiger partial charge in [-0.3, -0.25) is 4.98 Å².